The Balaban J connectivity index is 1.79. The van der Waals surface area contributed by atoms with Crippen molar-refractivity contribution >= 4 is 5.57 Å². The largest absolute Gasteiger partial charge is 0.0768 e. The summed E-state index contributed by atoms with van der Waals surface area (Å²) in [5, 5.41) is 0. The molecule has 2 atom stereocenters. The molecule has 0 radical (unpaired) electrons. The summed E-state index contributed by atoms with van der Waals surface area (Å²) in [5.74, 6) is 0.478. The molecule has 5 rings (SSSR count). The minimum absolute atomic E-state index is 0.0814. The van der Waals surface area contributed by atoms with Crippen molar-refractivity contribution in [2.75, 3.05) is 0 Å². The standard InChI is InChI=1S/C30H34/c1-18-10-19(2)13-23(12-18)29-25-8-7-9-27(25)30(6,28-17-22(5)16-26(28)29)24-14-20(3)11-21(4)15-24/h10-15,17,28H,7-9,16H2,1-6H3. The molecular weight excluding hydrogens is 360 g/mol. The van der Waals surface area contributed by atoms with Crippen LogP contribution in [0.4, 0.5) is 0 Å². The van der Waals surface area contributed by atoms with Crippen LogP contribution in [0.25, 0.3) is 5.57 Å². The van der Waals surface area contributed by atoms with Crippen LogP contribution in [0.1, 0.15) is 72.9 Å². The molecule has 0 aliphatic heterocycles. The smallest absolute Gasteiger partial charge is 0.0240 e. The molecule has 0 amide bonds. The molecule has 0 N–H and O–H groups in total. The fraction of sp³-hybridized carbons (Fsp3) is 0.400. The van der Waals surface area contributed by atoms with Gasteiger partial charge in [0.2, 0.25) is 0 Å². The Kier molecular flexibility index (Phi) is 4.47. The number of benzene rings is 2. The Hall–Kier alpha value is -2.34. The van der Waals surface area contributed by atoms with Gasteiger partial charge in [-0.15, -0.1) is 0 Å². The zero-order chi connectivity index (χ0) is 21.2. The van der Waals surface area contributed by atoms with Crippen molar-refractivity contribution in [2.24, 2.45) is 5.92 Å². The molecule has 2 unspecified atom stereocenters. The van der Waals surface area contributed by atoms with Crippen LogP contribution >= 0.6 is 0 Å². The van der Waals surface area contributed by atoms with Gasteiger partial charge < -0.3 is 0 Å². The molecule has 30 heavy (non-hydrogen) atoms. The van der Waals surface area contributed by atoms with E-state index in [0.717, 1.165) is 6.42 Å². The third kappa shape index (κ3) is 2.88. The van der Waals surface area contributed by atoms with E-state index in [1.807, 2.05) is 0 Å². The molecule has 0 aromatic heterocycles. The van der Waals surface area contributed by atoms with Gasteiger partial charge in [0.05, 0.1) is 0 Å². The Morgan fingerprint density at radius 1 is 0.767 bits per heavy atom. The quantitative estimate of drug-likeness (QED) is 0.451. The van der Waals surface area contributed by atoms with Crippen LogP contribution in [0.15, 0.2) is 64.8 Å². The van der Waals surface area contributed by atoms with Crippen molar-refractivity contribution in [3.63, 3.8) is 0 Å². The van der Waals surface area contributed by atoms with Crippen LogP contribution < -0.4 is 0 Å². The van der Waals surface area contributed by atoms with Gasteiger partial charge >= 0.3 is 0 Å². The third-order valence-electron chi connectivity index (χ3n) is 7.72. The molecule has 2 aromatic rings. The highest BCUT2D eigenvalue weighted by atomic mass is 14.5. The van der Waals surface area contributed by atoms with E-state index in [0.29, 0.717) is 5.92 Å². The van der Waals surface area contributed by atoms with Gasteiger partial charge in [-0.2, -0.15) is 0 Å². The van der Waals surface area contributed by atoms with Gasteiger partial charge in [-0.05, 0) is 88.1 Å². The lowest BCUT2D eigenvalue weighted by Crippen LogP contribution is -2.36. The van der Waals surface area contributed by atoms with Crippen LogP contribution in [-0.2, 0) is 5.41 Å². The summed E-state index contributed by atoms with van der Waals surface area (Å²) in [6, 6.07) is 14.4. The zero-order valence-electron chi connectivity index (χ0n) is 19.4. The van der Waals surface area contributed by atoms with Crippen molar-refractivity contribution in [1.82, 2.24) is 0 Å². The van der Waals surface area contributed by atoms with Gasteiger partial charge in [-0.1, -0.05) is 82.8 Å². The van der Waals surface area contributed by atoms with Crippen LogP contribution in [-0.4, -0.2) is 0 Å². The molecule has 0 spiro atoms. The van der Waals surface area contributed by atoms with Crippen molar-refractivity contribution in [3.8, 4) is 0 Å². The van der Waals surface area contributed by atoms with Crippen molar-refractivity contribution in [2.45, 2.75) is 72.6 Å². The molecule has 154 valence electrons. The summed E-state index contributed by atoms with van der Waals surface area (Å²) >= 11 is 0. The Bertz CT molecular complexity index is 1110. The van der Waals surface area contributed by atoms with Crippen molar-refractivity contribution in [3.05, 3.63) is 98.1 Å². The summed E-state index contributed by atoms with van der Waals surface area (Å²) in [6.07, 6.45) is 7.49. The minimum atomic E-state index is 0.0814. The molecule has 0 saturated carbocycles. The molecular formula is C30H34. The molecule has 2 aromatic carbocycles. The summed E-state index contributed by atoms with van der Waals surface area (Å²) in [7, 11) is 0. The van der Waals surface area contributed by atoms with Gasteiger partial charge in [-0.25, -0.2) is 0 Å². The first kappa shape index (κ1) is 19.6. The summed E-state index contributed by atoms with van der Waals surface area (Å²) < 4.78 is 0. The molecule has 3 aliphatic rings. The lowest BCUT2D eigenvalue weighted by Gasteiger charge is -2.44. The molecule has 0 nitrogen and oxygen atoms in total. The number of hydrogen-bond donors (Lipinski definition) is 0. The van der Waals surface area contributed by atoms with E-state index in [-0.39, 0.29) is 5.41 Å². The molecule has 3 aliphatic carbocycles. The number of hydrogen-bond acceptors (Lipinski definition) is 0. The number of fused-ring (bicyclic) bond motifs is 1. The molecule has 0 heteroatoms. The SMILES string of the molecule is CC1=CC2C(=C(c3cc(C)cc(C)c3)C3=C(CCC3)C2(C)c2cc(C)cc(C)c2)C1. The predicted molar refractivity (Wildman–Crippen MR) is 129 cm³/mol. The number of allylic oxidation sites excluding steroid dienone is 6. The third-order valence-corrected chi connectivity index (χ3v) is 7.72. The first-order valence-electron chi connectivity index (χ1n) is 11.6. The van der Waals surface area contributed by atoms with Crippen LogP contribution in [0.2, 0.25) is 0 Å². The van der Waals surface area contributed by atoms with Gasteiger partial charge in [-0.3, -0.25) is 0 Å². The fourth-order valence-electron chi connectivity index (χ4n) is 6.69. The fourth-order valence-corrected chi connectivity index (χ4v) is 6.69. The number of aryl methyl sites for hydroxylation is 4. The van der Waals surface area contributed by atoms with Crippen molar-refractivity contribution < 1.29 is 0 Å². The van der Waals surface area contributed by atoms with Gasteiger partial charge in [0.1, 0.15) is 0 Å². The molecule has 0 bridgehead atoms. The van der Waals surface area contributed by atoms with Gasteiger partial charge in [0.15, 0.2) is 0 Å². The first-order chi connectivity index (χ1) is 14.3. The van der Waals surface area contributed by atoms with E-state index in [2.05, 4.69) is 84.0 Å². The summed E-state index contributed by atoms with van der Waals surface area (Å²) in [5.41, 5.74) is 16.7. The van der Waals surface area contributed by atoms with E-state index in [4.69, 9.17) is 0 Å². The van der Waals surface area contributed by atoms with E-state index in [9.17, 15) is 0 Å². The summed E-state index contributed by atoms with van der Waals surface area (Å²) in [6.45, 7) is 13.9. The lowest BCUT2D eigenvalue weighted by atomic mass is 9.59. The maximum absolute atomic E-state index is 2.59. The maximum atomic E-state index is 2.59. The molecule has 0 saturated heterocycles. The number of rotatable bonds is 2. The van der Waals surface area contributed by atoms with E-state index >= 15 is 0 Å². The topological polar surface area (TPSA) is 0 Å². The van der Waals surface area contributed by atoms with Gasteiger partial charge in [0, 0.05) is 11.3 Å². The highest BCUT2D eigenvalue weighted by molar-refractivity contribution is 5.87. The Labute approximate surface area is 182 Å². The monoisotopic (exact) mass is 394 g/mol. The second-order valence-corrected chi connectivity index (χ2v) is 10.3. The molecule has 0 heterocycles. The second-order valence-electron chi connectivity index (χ2n) is 10.3. The van der Waals surface area contributed by atoms with Crippen molar-refractivity contribution in [1.29, 1.82) is 0 Å². The highest BCUT2D eigenvalue weighted by Crippen LogP contribution is 2.60. The Morgan fingerprint density at radius 2 is 1.37 bits per heavy atom. The predicted octanol–water partition coefficient (Wildman–Crippen LogP) is 8.09. The van der Waals surface area contributed by atoms with Crippen LogP contribution in [0.3, 0.4) is 0 Å². The Morgan fingerprint density at radius 3 is 2.00 bits per heavy atom. The second kappa shape index (κ2) is 6.84. The molecule has 0 fully saturated rings. The normalized spacial score (nSPS) is 25.5. The summed E-state index contributed by atoms with van der Waals surface area (Å²) in [4.78, 5) is 0. The zero-order valence-corrected chi connectivity index (χ0v) is 19.4. The van der Waals surface area contributed by atoms with E-state index < -0.39 is 0 Å². The van der Waals surface area contributed by atoms with E-state index in [1.165, 1.54) is 58.2 Å². The maximum Gasteiger partial charge on any atom is 0.0240 e. The van der Waals surface area contributed by atoms with Crippen LogP contribution in [0, 0.1) is 33.6 Å². The highest BCUT2D eigenvalue weighted by Gasteiger charge is 2.48. The van der Waals surface area contributed by atoms with Crippen LogP contribution in [0.5, 0.6) is 0 Å². The first-order valence-corrected chi connectivity index (χ1v) is 11.6. The minimum Gasteiger partial charge on any atom is -0.0768 e. The van der Waals surface area contributed by atoms with Gasteiger partial charge in [0.25, 0.3) is 0 Å². The van der Waals surface area contributed by atoms with E-state index in [1.54, 1.807) is 22.3 Å². The average Bonchev–Trinajstić information content (AvgIpc) is 3.28. The average molecular weight is 395 g/mol. The lowest BCUT2D eigenvalue weighted by molar-refractivity contribution is 0.444.